The molecule has 4 nitrogen and oxygen atoms in total. The minimum absolute atomic E-state index is 0.214. The molecule has 0 saturated heterocycles. The standard InChI is InChI=1S/C17H19ClN2O2/c1-4-20(14-8-6-13(18)7-9-14)17(21)19-15-11-12(2)5-10-16(15)22-3/h5-11H,4H2,1-3H3,(H,19,21). The van der Waals surface area contributed by atoms with Crippen LogP contribution >= 0.6 is 11.6 Å². The molecule has 0 saturated carbocycles. The van der Waals surface area contributed by atoms with E-state index in [-0.39, 0.29) is 6.03 Å². The van der Waals surface area contributed by atoms with Crippen molar-refractivity contribution in [3.63, 3.8) is 0 Å². The van der Waals surface area contributed by atoms with Crippen molar-refractivity contribution in [1.82, 2.24) is 0 Å². The van der Waals surface area contributed by atoms with Gasteiger partial charge >= 0.3 is 6.03 Å². The molecule has 2 aromatic carbocycles. The fourth-order valence-corrected chi connectivity index (χ4v) is 2.29. The van der Waals surface area contributed by atoms with Gasteiger partial charge in [0.25, 0.3) is 0 Å². The number of halogens is 1. The highest BCUT2D eigenvalue weighted by Gasteiger charge is 2.15. The van der Waals surface area contributed by atoms with E-state index in [0.717, 1.165) is 11.3 Å². The molecule has 116 valence electrons. The summed E-state index contributed by atoms with van der Waals surface area (Å²) in [4.78, 5) is 14.2. The van der Waals surface area contributed by atoms with E-state index in [1.165, 1.54) is 0 Å². The van der Waals surface area contributed by atoms with Crippen molar-refractivity contribution in [3.8, 4) is 5.75 Å². The highest BCUT2D eigenvalue weighted by atomic mass is 35.5. The van der Waals surface area contributed by atoms with E-state index in [0.29, 0.717) is 23.0 Å². The summed E-state index contributed by atoms with van der Waals surface area (Å²) in [6.45, 7) is 4.43. The smallest absolute Gasteiger partial charge is 0.326 e. The predicted molar refractivity (Wildman–Crippen MR) is 91.2 cm³/mol. The molecule has 0 radical (unpaired) electrons. The van der Waals surface area contributed by atoms with E-state index in [4.69, 9.17) is 16.3 Å². The van der Waals surface area contributed by atoms with E-state index in [9.17, 15) is 4.79 Å². The number of nitrogens with one attached hydrogen (secondary N) is 1. The Morgan fingerprint density at radius 3 is 2.50 bits per heavy atom. The number of ether oxygens (including phenoxy) is 1. The van der Waals surface area contributed by atoms with Crippen LogP contribution in [-0.2, 0) is 0 Å². The van der Waals surface area contributed by atoms with Crippen molar-refractivity contribution >= 4 is 29.0 Å². The van der Waals surface area contributed by atoms with E-state index in [1.54, 1.807) is 24.1 Å². The number of amides is 2. The third kappa shape index (κ3) is 3.71. The van der Waals surface area contributed by atoms with E-state index >= 15 is 0 Å². The predicted octanol–water partition coefficient (Wildman–Crippen LogP) is 4.72. The lowest BCUT2D eigenvalue weighted by Gasteiger charge is -2.22. The second-order valence-corrected chi connectivity index (χ2v) is 5.29. The second-order valence-electron chi connectivity index (χ2n) is 4.85. The molecule has 0 bridgehead atoms. The average molecular weight is 319 g/mol. The molecular weight excluding hydrogens is 300 g/mol. The topological polar surface area (TPSA) is 41.6 Å². The van der Waals surface area contributed by atoms with Gasteiger partial charge in [-0.3, -0.25) is 4.90 Å². The number of nitrogens with zero attached hydrogens (tertiary/aromatic N) is 1. The van der Waals surface area contributed by atoms with Crippen LogP contribution in [0.3, 0.4) is 0 Å². The average Bonchev–Trinajstić information content (AvgIpc) is 2.50. The minimum atomic E-state index is -0.214. The summed E-state index contributed by atoms with van der Waals surface area (Å²) < 4.78 is 5.29. The summed E-state index contributed by atoms with van der Waals surface area (Å²) in [5, 5.41) is 3.53. The van der Waals surface area contributed by atoms with Crippen LogP contribution in [0.15, 0.2) is 42.5 Å². The SMILES string of the molecule is CCN(C(=O)Nc1cc(C)ccc1OC)c1ccc(Cl)cc1. The van der Waals surface area contributed by atoms with Gasteiger partial charge in [-0.25, -0.2) is 4.79 Å². The maximum Gasteiger partial charge on any atom is 0.326 e. The van der Waals surface area contributed by atoms with Crippen molar-refractivity contribution < 1.29 is 9.53 Å². The lowest BCUT2D eigenvalue weighted by Crippen LogP contribution is -2.34. The normalized spacial score (nSPS) is 10.2. The van der Waals surface area contributed by atoms with Crippen molar-refractivity contribution in [2.45, 2.75) is 13.8 Å². The van der Waals surface area contributed by atoms with Crippen molar-refractivity contribution in [2.24, 2.45) is 0 Å². The Bertz CT molecular complexity index is 656. The molecule has 2 amide bonds. The molecular formula is C17H19ClN2O2. The minimum Gasteiger partial charge on any atom is -0.495 e. The van der Waals surface area contributed by atoms with Gasteiger partial charge in [-0.15, -0.1) is 0 Å². The first kappa shape index (κ1) is 16.2. The maximum atomic E-state index is 12.5. The second kappa shape index (κ2) is 7.18. The quantitative estimate of drug-likeness (QED) is 0.886. The third-order valence-corrected chi connectivity index (χ3v) is 3.55. The summed E-state index contributed by atoms with van der Waals surface area (Å²) in [7, 11) is 1.58. The number of anilines is 2. The Balaban J connectivity index is 2.23. The van der Waals surface area contributed by atoms with Gasteiger partial charge in [0.05, 0.1) is 12.8 Å². The van der Waals surface area contributed by atoms with Crippen molar-refractivity contribution in [1.29, 1.82) is 0 Å². The molecule has 5 heteroatoms. The zero-order valence-electron chi connectivity index (χ0n) is 12.9. The molecule has 0 aliphatic rings. The van der Waals surface area contributed by atoms with Gasteiger partial charge in [0.15, 0.2) is 0 Å². The van der Waals surface area contributed by atoms with Crippen molar-refractivity contribution in [2.75, 3.05) is 23.9 Å². The summed E-state index contributed by atoms with van der Waals surface area (Å²) in [6.07, 6.45) is 0. The van der Waals surface area contributed by atoms with Crippen LogP contribution in [0.25, 0.3) is 0 Å². The molecule has 0 aliphatic heterocycles. The first-order chi connectivity index (χ1) is 10.5. The number of rotatable bonds is 4. The fraction of sp³-hybridized carbons (Fsp3) is 0.235. The largest absolute Gasteiger partial charge is 0.495 e. The Morgan fingerprint density at radius 2 is 1.91 bits per heavy atom. The molecule has 0 unspecified atom stereocenters. The van der Waals surface area contributed by atoms with E-state index < -0.39 is 0 Å². The van der Waals surface area contributed by atoms with Crippen LogP contribution < -0.4 is 15.0 Å². The van der Waals surface area contributed by atoms with Gasteiger partial charge in [-0.1, -0.05) is 17.7 Å². The van der Waals surface area contributed by atoms with E-state index in [1.807, 2.05) is 44.2 Å². The number of methoxy groups -OCH3 is 1. The number of carbonyl (C=O) groups excluding carboxylic acids is 1. The highest BCUT2D eigenvalue weighted by Crippen LogP contribution is 2.26. The third-order valence-electron chi connectivity index (χ3n) is 3.30. The monoisotopic (exact) mass is 318 g/mol. The molecule has 0 fully saturated rings. The van der Waals surface area contributed by atoms with Crippen LogP contribution in [-0.4, -0.2) is 19.7 Å². The molecule has 1 N–H and O–H groups in total. The lowest BCUT2D eigenvalue weighted by molar-refractivity contribution is 0.257. The van der Waals surface area contributed by atoms with Gasteiger partial charge in [-0.05, 0) is 55.8 Å². The summed E-state index contributed by atoms with van der Waals surface area (Å²) in [5.41, 5.74) is 2.49. The molecule has 0 aliphatic carbocycles. The fourth-order valence-electron chi connectivity index (χ4n) is 2.17. The number of aryl methyl sites for hydroxylation is 1. The Hall–Kier alpha value is -2.20. The zero-order valence-corrected chi connectivity index (χ0v) is 13.6. The number of hydrogen-bond acceptors (Lipinski definition) is 2. The summed E-state index contributed by atoms with van der Waals surface area (Å²) in [6, 6.07) is 12.6. The first-order valence-electron chi connectivity index (χ1n) is 7.04. The number of hydrogen-bond donors (Lipinski definition) is 1. The molecule has 0 atom stereocenters. The molecule has 22 heavy (non-hydrogen) atoms. The Labute approximate surface area is 135 Å². The van der Waals surface area contributed by atoms with Crippen LogP contribution in [0.1, 0.15) is 12.5 Å². The molecule has 2 rings (SSSR count). The zero-order chi connectivity index (χ0) is 16.1. The first-order valence-corrected chi connectivity index (χ1v) is 7.41. The highest BCUT2D eigenvalue weighted by molar-refractivity contribution is 6.30. The lowest BCUT2D eigenvalue weighted by atomic mass is 10.2. The Kier molecular flexibility index (Phi) is 5.28. The van der Waals surface area contributed by atoms with Gasteiger partial charge in [0.2, 0.25) is 0 Å². The van der Waals surface area contributed by atoms with Crippen molar-refractivity contribution in [3.05, 3.63) is 53.1 Å². The molecule has 0 aromatic heterocycles. The number of carbonyl (C=O) groups is 1. The van der Waals surface area contributed by atoms with E-state index in [2.05, 4.69) is 5.32 Å². The van der Waals surface area contributed by atoms with Gasteiger partial charge in [-0.2, -0.15) is 0 Å². The van der Waals surface area contributed by atoms with Crippen LogP contribution in [0.2, 0.25) is 5.02 Å². The van der Waals surface area contributed by atoms with Gasteiger partial charge in [0.1, 0.15) is 5.75 Å². The number of benzene rings is 2. The van der Waals surface area contributed by atoms with Crippen LogP contribution in [0.5, 0.6) is 5.75 Å². The Morgan fingerprint density at radius 1 is 1.23 bits per heavy atom. The van der Waals surface area contributed by atoms with Gasteiger partial charge < -0.3 is 10.1 Å². The van der Waals surface area contributed by atoms with Gasteiger partial charge in [0, 0.05) is 17.3 Å². The number of urea groups is 1. The summed E-state index contributed by atoms with van der Waals surface area (Å²) >= 11 is 5.89. The molecule has 0 heterocycles. The summed E-state index contributed by atoms with van der Waals surface area (Å²) in [5.74, 6) is 0.631. The van der Waals surface area contributed by atoms with Crippen LogP contribution in [0, 0.1) is 6.92 Å². The maximum absolute atomic E-state index is 12.5. The molecule has 0 spiro atoms. The van der Waals surface area contributed by atoms with Crippen LogP contribution in [0.4, 0.5) is 16.2 Å². The molecule has 2 aromatic rings.